The van der Waals surface area contributed by atoms with Gasteiger partial charge in [0.2, 0.25) is 0 Å². The second-order valence-corrected chi connectivity index (χ2v) is 25.5. The first kappa shape index (κ1) is 45.5. The lowest BCUT2D eigenvalue weighted by Crippen LogP contribution is -2.74. The summed E-state index contributed by atoms with van der Waals surface area (Å²) < 4.78 is 0. The van der Waals surface area contributed by atoms with Crippen molar-refractivity contribution in [3.63, 3.8) is 0 Å². The van der Waals surface area contributed by atoms with E-state index >= 15 is 0 Å². The lowest BCUT2D eigenvalue weighted by Gasteiger charge is -2.34. The summed E-state index contributed by atoms with van der Waals surface area (Å²) in [5.41, 5.74) is 21.2. The van der Waals surface area contributed by atoms with Crippen LogP contribution in [-0.4, -0.2) is 8.07 Å². The van der Waals surface area contributed by atoms with Gasteiger partial charge < -0.3 is 0 Å². The van der Waals surface area contributed by atoms with Crippen molar-refractivity contribution in [3.8, 4) is 66.8 Å². The second-order valence-electron chi connectivity index (χ2n) is 21.7. The molecule has 0 saturated carbocycles. The van der Waals surface area contributed by atoms with Crippen LogP contribution >= 0.6 is 0 Å². The predicted octanol–water partition coefficient (Wildman–Crippen LogP) is 17.5. The summed E-state index contributed by atoms with van der Waals surface area (Å²) in [5, 5.41) is 15.6. The zero-order chi connectivity index (χ0) is 52.0. The van der Waals surface area contributed by atoms with Gasteiger partial charge in [-0.05, 0) is 166 Å². The third-order valence-corrected chi connectivity index (χ3v) is 22.5. The Kier molecular flexibility index (Phi) is 10.5. The first-order chi connectivity index (χ1) is 39.2. The Hall–Kier alpha value is -9.66. The van der Waals surface area contributed by atoms with Crippen LogP contribution in [0.1, 0.15) is 22.3 Å². The summed E-state index contributed by atoms with van der Waals surface area (Å²) in [7, 11) is -2.93. The van der Waals surface area contributed by atoms with E-state index in [0.29, 0.717) is 0 Å². The van der Waals surface area contributed by atoms with Crippen LogP contribution in [0, 0.1) is 0 Å². The van der Waals surface area contributed by atoms with Gasteiger partial charge in [0, 0.05) is 0 Å². The van der Waals surface area contributed by atoms with Crippen LogP contribution in [0.5, 0.6) is 0 Å². The lowest BCUT2D eigenvalue weighted by molar-refractivity contribution is 1.26. The predicted molar refractivity (Wildman–Crippen MR) is 338 cm³/mol. The van der Waals surface area contributed by atoms with E-state index in [-0.39, 0.29) is 0 Å². The summed E-state index contributed by atoms with van der Waals surface area (Å²) in [4.78, 5) is 0. The van der Waals surface area contributed by atoms with E-state index in [1.165, 1.54) is 153 Å². The number of hydrogen-bond donors (Lipinski definition) is 0. The molecule has 16 rings (SSSR count). The van der Waals surface area contributed by atoms with Gasteiger partial charge in [-0.25, -0.2) is 0 Å². The molecule has 0 fully saturated rings. The van der Waals surface area contributed by atoms with Gasteiger partial charge in [0.1, 0.15) is 0 Å². The molecule has 0 aromatic heterocycles. The zero-order valence-electron chi connectivity index (χ0n) is 43.6. The van der Waals surface area contributed by atoms with Crippen LogP contribution in [0.25, 0.3) is 110 Å². The molecular weight excluding hydrogens is 965 g/mol. The summed E-state index contributed by atoms with van der Waals surface area (Å²) >= 11 is 0. The average molecular weight is 1020 g/mol. The largest absolute Gasteiger partial charge is 0.179 e. The Labute approximate surface area is 462 Å². The third kappa shape index (κ3) is 7.06. The van der Waals surface area contributed by atoms with E-state index < -0.39 is 8.07 Å². The molecule has 0 radical (unpaired) electrons. The Morgan fingerprint density at radius 2 is 0.443 bits per heavy atom. The van der Waals surface area contributed by atoms with Crippen LogP contribution in [0.2, 0.25) is 0 Å². The van der Waals surface area contributed by atoms with E-state index in [2.05, 4.69) is 291 Å². The van der Waals surface area contributed by atoms with Crippen molar-refractivity contribution in [3.05, 3.63) is 313 Å². The fourth-order valence-corrected chi connectivity index (χ4v) is 19.0. The second kappa shape index (κ2) is 18.2. The molecule has 14 aromatic carbocycles. The molecule has 1 heteroatoms. The monoisotopic (exact) mass is 1020 g/mol. The molecule has 0 amide bonds. The normalized spacial score (nSPS) is 12.5. The van der Waals surface area contributed by atoms with E-state index in [4.69, 9.17) is 0 Å². The van der Waals surface area contributed by atoms with Crippen molar-refractivity contribution in [2.45, 2.75) is 12.8 Å². The summed E-state index contributed by atoms with van der Waals surface area (Å²) in [6, 6.07) is 111. The maximum atomic E-state index is 2.46. The van der Waals surface area contributed by atoms with Gasteiger partial charge in [-0.3, -0.25) is 0 Å². The summed E-state index contributed by atoms with van der Waals surface area (Å²) in [5.74, 6) is 0. The zero-order valence-corrected chi connectivity index (χ0v) is 44.6. The van der Waals surface area contributed by atoms with Crippen LogP contribution < -0.4 is 20.7 Å². The van der Waals surface area contributed by atoms with Gasteiger partial charge in [-0.1, -0.05) is 291 Å². The molecule has 0 spiro atoms. The highest BCUT2D eigenvalue weighted by Crippen LogP contribution is 2.48. The fraction of sp³-hybridized carbons (Fsp3) is 0.0256. The van der Waals surface area contributed by atoms with E-state index in [1.54, 1.807) is 0 Å². The molecule has 14 aromatic rings. The minimum Gasteiger partial charge on any atom is -0.0623 e. The minimum atomic E-state index is -2.93. The summed E-state index contributed by atoms with van der Waals surface area (Å²) in [6.07, 6.45) is 1.94. The van der Waals surface area contributed by atoms with Gasteiger partial charge in [0.25, 0.3) is 0 Å². The highest BCUT2D eigenvalue weighted by atomic mass is 28.3. The average Bonchev–Trinajstić information content (AvgIpc) is 4.25. The molecule has 0 nitrogen and oxygen atoms in total. The van der Waals surface area contributed by atoms with Crippen molar-refractivity contribution in [1.82, 2.24) is 0 Å². The molecule has 79 heavy (non-hydrogen) atoms. The molecule has 0 atom stereocenters. The van der Waals surface area contributed by atoms with E-state index in [9.17, 15) is 0 Å². The highest BCUT2D eigenvalue weighted by Gasteiger charge is 2.41. The van der Waals surface area contributed by atoms with E-state index in [1.807, 2.05) is 0 Å². The molecule has 0 N–H and O–H groups in total. The van der Waals surface area contributed by atoms with Crippen molar-refractivity contribution in [2.24, 2.45) is 0 Å². The standard InChI is InChI=1S/C78H52Si/c1-3-21-59(22-4-1)79(60-23-5-2-6-24-60,61-41-35-51(36-42-61)75-67-27-11-15-31-71(67)77(72-32-16-12-28-68(72)75)55-39-45-65-57(49-55)47-53-19-7-9-25-63(53)65)62-43-37-52(38-44-62)76-69-29-13-17-33-73(69)78(74-34-18-14-30-70(74)76)56-40-46-66-58(50-56)48-54-20-8-10-26-64(54)66/h1-46,49-50H,47-48H2. The number of hydrogen-bond acceptors (Lipinski definition) is 0. The Morgan fingerprint density at radius 3 is 0.785 bits per heavy atom. The number of fused-ring (bicyclic) bond motifs is 10. The van der Waals surface area contributed by atoms with Crippen molar-refractivity contribution in [2.75, 3.05) is 0 Å². The quantitative estimate of drug-likeness (QED) is 0.0808. The maximum absolute atomic E-state index is 2.93. The smallest absolute Gasteiger partial charge is 0.0623 e. The Bertz CT molecular complexity index is 4320. The van der Waals surface area contributed by atoms with Gasteiger partial charge >= 0.3 is 0 Å². The topological polar surface area (TPSA) is 0 Å². The van der Waals surface area contributed by atoms with Crippen molar-refractivity contribution < 1.29 is 0 Å². The SMILES string of the molecule is c1ccc([Si](c2ccccc2)(c2ccc(-c3c4ccccc4c(-c4ccc5c(c4)Cc4ccccc4-5)c4ccccc34)cc2)c2ccc(-c3c4ccccc4c(-c4ccc5c(c4)Cc4ccccc4-5)c4ccccc34)cc2)cc1. The minimum absolute atomic E-state index is 0.968. The van der Waals surface area contributed by atoms with Crippen LogP contribution in [-0.2, 0) is 12.8 Å². The highest BCUT2D eigenvalue weighted by molar-refractivity contribution is 7.19. The molecule has 368 valence electrons. The van der Waals surface area contributed by atoms with Crippen LogP contribution in [0.15, 0.2) is 291 Å². The van der Waals surface area contributed by atoms with Gasteiger partial charge in [0.15, 0.2) is 8.07 Å². The Morgan fingerprint density at radius 1 is 0.190 bits per heavy atom. The molecule has 0 aliphatic heterocycles. The van der Waals surface area contributed by atoms with E-state index in [0.717, 1.165) is 12.8 Å². The van der Waals surface area contributed by atoms with Gasteiger partial charge in [0.05, 0.1) is 0 Å². The third-order valence-electron chi connectivity index (χ3n) is 17.7. The molecule has 0 bridgehead atoms. The first-order valence-corrected chi connectivity index (χ1v) is 29.8. The molecule has 2 aliphatic carbocycles. The van der Waals surface area contributed by atoms with Crippen molar-refractivity contribution >= 4 is 71.9 Å². The molecule has 0 unspecified atom stereocenters. The molecule has 2 aliphatic rings. The Balaban J connectivity index is 0.842. The lowest BCUT2D eigenvalue weighted by atomic mass is 9.85. The fourth-order valence-electron chi connectivity index (χ4n) is 14.3. The van der Waals surface area contributed by atoms with Crippen LogP contribution in [0.3, 0.4) is 0 Å². The molecular formula is C78H52Si. The first-order valence-electron chi connectivity index (χ1n) is 27.8. The molecule has 0 heterocycles. The van der Waals surface area contributed by atoms with Gasteiger partial charge in [-0.15, -0.1) is 0 Å². The van der Waals surface area contributed by atoms with Crippen LogP contribution in [0.4, 0.5) is 0 Å². The maximum Gasteiger partial charge on any atom is 0.179 e. The number of benzene rings is 14. The summed E-state index contributed by atoms with van der Waals surface area (Å²) in [6.45, 7) is 0. The molecule has 0 saturated heterocycles. The van der Waals surface area contributed by atoms with Crippen molar-refractivity contribution in [1.29, 1.82) is 0 Å². The number of rotatable bonds is 8. The van der Waals surface area contributed by atoms with Gasteiger partial charge in [-0.2, -0.15) is 0 Å².